The Labute approximate surface area is 76.8 Å². The van der Waals surface area contributed by atoms with Crippen LogP contribution in [0, 0.1) is 12.7 Å². The molecule has 0 atom stereocenters. The molecular formula is C11H12FN. The van der Waals surface area contributed by atoms with Crippen LogP contribution >= 0.6 is 0 Å². The van der Waals surface area contributed by atoms with Gasteiger partial charge in [0.1, 0.15) is 5.82 Å². The maximum atomic E-state index is 13.4. The Bertz CT molecular complexity index is 423. The number of hydrogen-bond donors (Lipinski definition) is 1. The van der Waals surface area contributed by atoms with Gasteiger partial charge in [0.2, 0.25) is 0 Å². The zero-order valence-electron chi connectivity index (χ0n) is 7.55. The van der Waals surface area contributed by atoms with Gasteiger partial charge in [-0.2, -0.15) is 0 Å². The highest BCUT2D eigenvalue weighted by Crippen LogP contribution is 2.19. The summed E-state index contributed by atoms with van der Waals surface area (Å²) >= 11 is 0. The fourth-order valence-corrected chi connectivity index (χ4v) is 1.34. The smallest absolute Gasteiger partial charge is 0.133 e. The van der Waals surface area contributed by atoms with Crippen molar-refractivity contribution >= 4 is 10.8 Å². The van der Waals surface area contributed by atoms with E-state index in [-0.39, 0.29) is 12.0 Å². The van der Waals surface area contributed by atoms with Crippen molar-refractivity contribution in [3.05, 3.63) is 47.8 Å². The van der Waals surface area contributed by atoms with Crippen LogP contribution in [0.1, 0.15) is 5.56 Å². The molecular weight excluding hydrogens is 165 g/mol. The number of rotatable bonds is 0. The minimum atomic E-state index is -0.104. The van der Waals surface area contributed by atoms with Crippen LogP contribution < -0.4 is 6.15 Å². The number of fused-ring (bicyclic) bond motifs is 1. The maximum absolute atomic E-state index is 13.4. The van der Waals surface area contributed by atoms with E-state index in [2.05, 4.69) is 0 Å². The van der Waals surface area contributed by atoms with E-state index in [0.717, 1.165) is 5.39 Å². The minimum absolute atomic E-state index is 0. The van der Waals surface area contributed by atoms with E-state index >= 15 is 0 Å². The molecule has 0 aromatic heterocycles. The van der Waals surface area contributed by atoms with Gasteiger partial charge in [0, 0.05) is 5.39 Å². The van der Waals surface area contributed by atoms with Crippen LogP contribution in [0.5, 0.6) is 0 Å². The highest BCUT2D eigenvalue weighted by molar-refractivity contribution is 5.83. The molecule has 0 saturated heterocycles. The molecule has 0 aliphatic heterocycles. The molecule has 2 aromatic rings. The average Bonchev–Trinajstić information content (AvgIpc) is 2.12. The molecule has 0 fully saturated rings. The second-order valence-electron chi connectivity index (χ2n) is 2.92. The summed E-state index contributed by atoms with van der Waals surface area (Å²) in [6.07, 6.45) is 0. The summed E-state index contributed by atoms with van der Waals surface area (Å²) in [6.45, 7) is 1.78. The van der Waals surface area contributed by atoms with Gasteiger partial charge in [0.15, 0.2) is 0 Å². The van der Waals surface area contributed by atoms with Crippen molar-refractivity contribution in [3.63, 3.8) is 0 Å². The van der Waals surface area contributed by atoms with Crippen LogP contribution in [0.3, 0.4) is 0 Å². The van der Waals surface area contributed by atoms with Crippen LogP contribution in [0.4, 0.5) is 4.39 Å². The van der Waals surface area contributed by atoms with Crippen molar-refractivity contribution in [2.45, 2.75) is 6.92 Å². The molecule has 0 heterocycles. The van der Waals surface area contributed by atoms with E-state index in [1.54, 1.807) is 19.1 Å². The van der Waals surface area contributed by atoms with Crippen molar-refractivity contribution < 1.29 is 4.39 Å². The molecule has 0 radical (unpaired) electrons. The highest BCUT2D eigenvalue weighted by atomic mass is 19.1. The van der Waals surface area contributed by atoms with Gasteiger partial charge in [-0.15, -0.1) is 0 Å². The van der Waals surface area contributed by atoms with Crippen LogP contribution in [-0.2, 0) is 0 Å². The molecule has 0 amide bonds. The summed E-state index contributed by atoms with van der Waals surface area (Å²) in [5, 5.41) is 1.66. The second-order valence-corrected chi connectivity index (χ2v) is 2.92. The lowest BCUT2D eigenvalue weighted by Crippen LogP contribution is -1.83. The normalized spacial score (nSPS) is 9.69. The van der Waals surface area contributed by atoms with Gasteiger partial charge < -0.3 is 6.15 Å². The first-order chi connectivity index (χ1) is 5.79. The van der Waals surface area contributed by atoms with Crippen molar-refractivity contribution in [1.29, 1.82) is 0 Å². The Balaban J connectivity index is 0.000000845. The molecule has 0 saturated carbocycles. The van der Waals surface area contributed by atoms with Crippen molar-refractivity contribution in [3.8, 4) is 0 Å². The molecule has 0 bridgehead atoms. The van der Waals surface area contributed by atoms with Gasteiger partial charge in [-0.1, -0.05) is 36.4 Å². The Morgan fingerprint density at radius 2 is 1.69 bits per heavy atom. The van der Waals surface area contributed by atoms with Crippen molar-refractivity contribution in [1.82, 2.24) is 6.15 Å². The third kappa shape index (κ3) is 1.53. The molecule has 3 N–H and O–H groups in total. The minimum Gasteiger partial charge on any atom is -0.344 e. The summed E-state index contributed by atoms with van der Waals surface area (Å²) in [6, 6.07) is 11.2. The van der Waals surface area contributed by atoms with Crippen molar-refractivity contribution in [2.75, 3.05) is 0 Å². The van der Waals surface area contributed by atoms with Gasteiger partial charge in [0.05, 0.1) is 0 Å². The zero-order valence-corrected chi connectivity index (χ0v) is 7.55. The molecule has 13 heavy (non-hydrogen) atoms. The molecule has 1 nitrogen and oxygen atoms in total. The number of aryl methyl sites for hydroxylation is 1. The van der Waals surface area contributed by atoms with Gasteiger partial charge in [-0.05, 0) is 17.9 Å². The lowest BCUT2D eigenvalue weighted by Gasteiger charge is -2.00. The predicted octanol–water partition coefficient (Wildman–Crippen LogP) is 3.45. The van der Waals surface area contributed by atoms with Gasteiger partial charge in [-0.3, -0.25) is 0 Å². The Morgan fingerprint density at radius 1 is 1.00 bits per heavy atom. The Hall–Kier alpha value is -1.41. The molecule has 2 aromatic carbocycles. The number of halogens is 1. The SMILES string of the molecule is Cc1ccc2ccccc2c1F.N. The standard InChI is InChI=1S/C11H9F.H3N/c1-8-6-7-9-4-2-3-5-10(9)11(8)12;/h2-7H,1H3;1H3. The van der Waals surface area contributed by atoms with Gasteiger partial charge >= 0.3 is 0 Å². The first-order valence-corrected chi connectivity index (χ1v) is 3.93. The topological polar surface area (TPSA) is 35.0 Å². The lowest BCUT2D eigenvalue weighted by atomic mass is 10.1. The van der Waals surface area contributed by atoms with E-state index in [0.29, 0.717) is 10.9 Å². The van der Waals surface area contributed by atoms with E-state index in [9.17, 15) is 4.39 Å². The summed E-state index contributed by atoms with van der Waals surface area (Å²) in [4.78, 5) is 0. The average molecular weight is 177 g/mol. The summed E-state index contributed by atoms with van der Waals surface area (Å²) in [7, 11) is 0. The highest BCUT2D eigenvalue weighted by Gasteiger charge is 2.01. The number of hydrogen-bond acceptors (Lipinski definition) is 1. The predicted molar refractivity (Wildman–Crippen MR) is 53.7 cm³/mol. The fourth-order valence-electron chi connectivity index (χ4n) is 1.34. The first kappa shape index (κ1) is 9.68. The van der Waals surface area contributed by atoms with E-state index < -0.39 is 0 Å². The summed E-state index contributed by atoms with van der Waals surface area (Å²) < 4.78 is 13.4. The third-order valence-electron chi connectivity index (χ3n) is 2.06. The van der Waals surface area contributed by atoms with Crippen LogP contribution in [0.15, 0.2) is 36.4 Å². The maximum Gasteiger partial charge on any atom is 0.133 e. The molecule has 68 valence electrons. The van der Waals surface area contributed by atoms with Gasteiger partial charge in [-0.25, -0.2) is 4.39 Å². The van der Waals surface area contributed by atoms with E-state index in [1.807, 2.05) is 24.3 Å². The summed E-state index contributed by atoms with van der Waals surface area (Å²) in [5.74, 6) is -0.104. The first-order valence-electron chi connectivity index (χ1n) is 3.93. The Morgan fingerprint density at radius 3 is 2.46 bits per heavy atom. The molecule has 0 aliphatic carbocycles. The molecule has 2 rings (SSSR count). The van der Waals surface area contributed by atoms with E-state index in [4.69, 9.17) is 0 Å². The lowest BCUT2D eigenvalue weighted by molar-refractivity contribution is 0.631. The largest absolute Gasteiger partial charge is 0.344 e. The Kier molecular flexibility index (Phi) is 2.63. The van der Waals surface area contributed by atoms with Crippen LogP contribution in [0.2, 0.25) is 0 Å². The monoisotopic (exact) mass is 177 g/mol. The van der Waals surface area contributed by atoms with Crippen LogP contribution in [-0.4, -0.2) is 0 Å². The molecule has 0 unspecified atom stereocenters. The third-order valence-corrected chi connectivity index (χ3v) is 2.06. The quantitative estimate of drug-likeness (QED) is 0.657. The summed E-state index contributed by atoms with van der Waals surface area (Å²) in [5.41, 5.74) is 0.703. The van der Waals surface area contributed by atoms with Crippen molar-refractivity contribution in [2.24, 2.45) is 0 Å². The second kappa shape index (κ2) is 3.54. The molecule has 0 aliphatic rings. The van der Waals surface area contributed by atoms with Crippen LogP contribution in [0.25, 0.3) is 10.8 Å². The van der Waals surface area contributed by atoms with E-state index in [1.165, 1.54) is 0 Å². The molecule has 2 heteroatoms. The number of benzene rings is 2. The molecule has 0 spiro atoms. The fraction of sp³-hybridized carbons (Fsp3) is 0.0909. The zero-order chi connectivity index (χ0) is 8.55. The van der Waals surface area contributed by atoms with Gasteiger partial charge in [0.25, 0.3) is 0 Å².